The molecule has 0 aromatic heterocycles. The van der Waals surface area contributed by atoms with Gasteiger partial charge in [0.25, 0.3) is 0 Å². The topological polar surface area (TPSA) is 75.8 Å². The van der Waals surface area contributed by atoms with Gasteiger partial charge in [-0.3, -0.25) is 9.69 Å². The maximum Gasteiger partial charge on any atom is 0.220 e. The van der Waals surface area contributed by atoms with Gasteiger partial charge in [-0.25, -0.2) is 0 Å². The number of hydrogen-bond donors (Lipinski definition) is 2. The summed E-state index contributed by atoms with van der Waals surface area (Å²) in [7, 11) is 0. The Kier molecular flexibility index (Phi) is 4.10. The number of carbonyl (C=O) groups excluding carboxylic acids is 1. The van der Waals surface area contributed by atoms with Crippen LogP contribution in [0.15, 0.2) is 12.1 Å². The number of benzene rings is 1. The number of nitrogens with two attached hydrogens (primary N) is 1. The average Bonchev–Trinajstić information content (AvgIpc) is 2.51. The third kappa shape index (κ3) is 2.59. The van der Waals surface area contributed by atoms with E-state index in [4.69, 9.17) is 10.5 Å². The summed E-state index contributed by atoms with van der Waals surface area (Å²) < 4.78 is 5.95. The fourth-order valence-corrected chi connectivity index (χ4v) is 3.52. The molecule has 3 N–H and O–H groups in total. The molecule has 2 heterocycles. The Labute approximate surface area is 131 Å². The minimum absolute atomic E-state index is 0.0323. The molecule has 0 bridgehead atoms. The fourth-order valence-electron chi connectivity index (χ4n) is 3.52. The van der Waals surface area contributed by atoms with Gasteiger partial charge in [-0.1, -0.05) is 12.1 Å². The number of aliphatic hydroxyl groups excluding tert-OH is 1. The minimum atomic E-state index is -0.548. The van der Waals surface area contributed by atoms with Crippen molar-refractivity contribution in [1.29, 1.82) is 0 Å². The Bertz CT molecular complexity index is 580. The van der Waals surface area contributed by atoms with Crippen molar-refractivity contribution in [3.05, 3.63) is 28.8 Å². The first kappa shape index (κ1) is 15.3. The number of ether oxygens (including phenoxy) is 1. The van der Waals surface area contributed by atoms with Gasteiger partial charge >= 0.3 is 0 Å². The van der Waals surface area contributed by atoms with Crippen LogP contribution in [-0.2, 0) is 4.79 Å². The molecule has 0 saturated carbocycles. The summed E-state index contributed by atoms with van der Waals surface area (Å²) in [6.07, 6.45) is 0.976. The first-order valence-corrected chi connectivity index (χ1v) is 7.93. The number of hydrogen-bond acceptors (Lipinski definition) is 4. The van der Waals surface area contributed by atoms with E-state index in [0.29, 0.717) is 6.61 Å². The number of likely N-dealkylation sites (tertiary alicyclic amines) is 1. The van der Waals surface area contributed by atoms with Gasteiger partial charge < -0.3 is 15.6 Å². The van der Waals surface area contributed by atoms with Crippen molar-refractivity contribution in [3.8, 4) is 5.75 Å². The summed E-state index contributed by atoms with van der Waals surface area (Å²) in [5.41, 5.74) is 8.52. The number of amides is 1. The normalized spacial score (nSPS) is 26.3. The smallest absolute Gasteiger partial charge is 0.220 e. The number of carbonyl (C=O) groups is 1. The van der Waals surface area contributed by atoms with E-state index in [2.05, 4.69) is 4.90 Å². The van der Waals surface area contributed by atoms with E-state index in [1.54, 1.807) is 0 Å². The second-order valence-corrected chi connectivity index (χ2v) is 6.46. The highest BCUT2D eigenvalue weighted by Crippen LogP contribution is 2.38. The lowest BCUT2D eigenvalue weighted by Crippen LogP contribution is -2.50. The lowest BCUT2D eigenvalue weighted by molar-refractivity contribution is -0.123. The minimum Gasteiger partial charge on any atom is -0.491 e. The van der Waals surface area contributed by atoms with E-state index in [1.165, 1.54) is 5.56 Å². The Morgan fingerprint density at radius 3 is 2.64 bits per heavy atom. The molecule has 0 radical (unpaired) electrons. The molecule has 3 rings (SSSR count). The highest BCUT2D eigenvalue weighted by Gasteiger charge is 2.36. The summed E-state index contributed by atoms with van der Waals surface area (Å²) in [5.74, 6) is 0.586. The largest absolute Gasteiger partial charge is 0.491 e. The molecule has 1 saturated heterocycles. The molecule has 5 nitrogen and oxygen atoms in total. The molecular weight excluding hydrogens is 280 g/mol. The van der Waals surface area contributed by atoms with Crippen LogP contribution in [-0.4, -0.2) is 41.7 Å². The highest BCUT2D eigenvalue weighted by atomic mass is 16.5. The maximum absolute atomic E-state index is 11.3. The Hall–Kier alpha value is -1.59. The van der Waals surface area contributed by atoms with Gasteiger partial charge in [-0.2, -0.15) is 0 Å². The van der Waals surface area contributed by atoms with Crippen molar-refractivity contribution in [1.82, 2.24) is 4.90 Å². The predicted octanol–water partition coefficient (Wildman–Crippen LogP) is 1.30. The predicted molar refractivity (Wildman–Crippen MR) is 83.7 cm³/mol. The van der Waals surface area contributed by atoms with Crippen LogP contribution in [0.25, 0.3) is 0 Å². The van der Waals surface area contributed by atoms with Crippen LogP contribution in [0.1, 0.15) is 35.6 Å². The summed E-state index contributed by atoms with van der Waals surface area (Å²) in [4.78, 5) is 13.5. The Balaban J connectivity index is 1.75. The molecule has 2 aliphatic heterocycles. The molecule has 1 fully saturated rings. The molecule has 120 valence electrons. The van der Waals surface area contributed by atoms with Crippen molar-refractivity contribution >= 4 is 5.91 Å². The van der Waals surface area contributed by atoms with Gasteiger partial charge in [0, 0.05) is 11.5 Å². The summed E-state index contributed by atoms with van der Waals surface area (Å²) in [6.45, 7) is 6.11. The third-order valence-corrected chi connectivity index (χ3v) is 5.19. The standard InChI is InChI=1S/C17H24N2O3/c1-10-3-4-13-15(20)14(9-22-16(13)11(10)2)19-7-5-12(6-8-19)17(18)21/h3-4,12,14-15,20H,5-9H2,1-2H3,(H2,18,21). The number of aryl methyl sites for hydroxylation is 1. The zero-order valence-electron chi connectivity index (χ0n) is 13.2. The van der Waals surface area contributed by atoms with Gasteiger partial charge in [0.15, 0.2) is 0 Å². The zero-order valence-corrected chi connectivity index (χ0v) is 13.2. The van der Waals surface area contributed by atoms with Gasteiger partial charge in [0.1, 0.15) is 18.5 Å². The van der Waals surface area contributed by atoms with Crippen molar-refractivity contribution in [2.24, 2.45) is 11.7 Å². The molecule has 2 atom stereocenters. The van der Waals surface area contributed by atoms with Crippen LogP contribution in [0.5, 0.6) is 5.75 Å². The first-order valence-electron chi connectivity index (χ1n) is 7.93. The van der Waals surface area contributed by atoms with Gasteiger partial charge in [-0.05, 0) is 50.9 Å². The third-order valence-electron chi connectivity index (χ3n) is 5.19. The van der Waals surface area contributed by atoms with E-state index in [9.17, 15) is 9.90 Å². The SMILES string of the molecule is Cc1ccc2c(c1C)OCC(N1CCC(C(N)=O)CC1)C2O. The lowest BCUT2D eigenvalue weighted by Gasteiger charge is -2.41. The van der Waals surface area contributed by atoms with E-state index in [-0.39, 0.29) is 17.9 Å². The van der Waals surface area contributed by atoms with Gasteiger partial charge in [0.05, 0.1) is 6.04 Å². The molecule has 1 aromatic rings. The number of piperidine rings is 1. The van der Waals surface area contributed by atoms with Crippen LogP contribution in [0.2, 0.25) is 0 Å². The molecule has 1 aromatic carbocycles. The highest BCUT2D eigenvalue weighted by molar-refractivity contribution is 5.76. The van der Waals surface area contributed by atoms with E-state index < -0.39 is 6.10 Å². The molecule has 0 aliphatic carbocycles. The summed E-state index contributed by atoms with van der Waals surface area (Å²) >= 11 is 0. The van der Waals surface area contributed by atoms with Crippen LogP contribution < -0.4 is 10.5 Å². The second kappa shape index (κ2) is 5.89. The van der Waals surface area contributed by atoms with Gasteiger partial charge in [-0.15, -0.1) is 0 Å². The first-order chi connectivity index (χ1) is 10.5. The summed E-state index contributed by atoms with van der Waals surface area (Å²) in [5, 5.41) is 10.8. The van der Waals surface area contributed by atoms with Crippen molar-refractivity contribution in [3.63, 3.8) is 0 Å². The van der Waals surface area contributed by atoms with Crippen molar-refractivity contribution < 1.29 is 14.6 Å². The molecule has 1 amide bonds. The maximum atomic E-state index is 11.3. The molecule has 0 spiro atoms. The van der Waals surface area contributed by atoms with Crippen molar-refractivity contribution in [2.75, 3.05) is 19.7 Å². The number of aliphatic hydroxyl groups is 1. The molecule has 5 heteroatoms. The fraction of sp³-hybridized carbons (Fsp3) is 0.588. The number of nitrogens with zero attached hydrogens (tertiary/aromatic N) is 1. The molecular formula is C17H24N2O3. The van der Waals surface area contributed by atoms with Crippen LogP contribution >= 0.6 is 0 Å². The Morgan fingerprint density at radius 1 is 1.32 bits per heavy atom. The second-order valence-electron chi connectivity index (χ2n) is 6.46. The Morgan fingerprint density at radius 2 is 2.00 bits per heavy atom. The van der Waals surface area contributed by atoms with E-state index in [0.717, 1.165) is 42.8 Å². The van der Waals surface area contributed by atoms with Crippen LogP contribution in [0.4, 0.5) is 0 Å². The summed E-state index contributed by atoms with van der Waals surface area (Å²) in [6, 6.07) is 3.94. The lowest BCUT2D eigenvalue weighted by atomic mass is 9.90. The van der Waals surface area contributed by atoms with Crippen LogP contribution in [0, 0.1) is 19.8 Å². The van der Waals surface area contributed by atoms with Crippen LogP contribution in [0.3, 0.4) is 0 Å². The van der Waals surface area contributed by atoms with E-state index in [1.807, 2.05) is 26.0 Å². The molecule has 2 unspecified atom stereocenters. The van der Waals surface area contributed by atoms with Crippen molar-refractivity contribution in [2.45, 2.75) is 38.8 Å². The number of primary amides is 1. The molecule has 22 heavy (non-hydrogen) atoms. The van der Waals surface area contributed by atoms with Gasteiger partial charge in [0.2, 0.25) is 5.91 Å². The molecule has 2 aliphatic rings. The monoisotopic (exact) mass is 304 g/mol. The quantitative estimate of drug-likeness (QED) is 0.863. The number of fused-ring (bicyclic) bond motifs is 1. The van der Waals surface area contributed by atoms with E-state index >= 15 is 0 Å². The average molecular weight is 304 g/mol. The zero-order chi connectivity index (χ0) is 15.9. The number of rotatable bonds is 2.